The molecule has 178 valence electrons. The Labute approximate surface area is 195 Å². The predicted octanol–water partition coefficient (Wildman–Crippen LogP) is 3.31. The van der Waals surface area contributed by atoms with E-state index in [9.17, 15) is 18.0 Å². The van der Waals surface area contributed by atoms with Gasteiger partial charge in [0.15, 0.2) is 5.69 Å². The van der Waals surface area contributed by atoms with E-state index >= 15 is 0 Å². The van der Waals surface area contributed by atoms with Gasteiger partial charge in [-0.15, -0.1) is 0 Å². The van der Waals surface area contributed by atoms with Gasteiger partial charge in [-0.1, -0.05) is 0 Å². The molecule has 0 aliphatic carbocycles. The number of carbonyl (C=O) groups is 1. The molecule has 1 amide bonds. The number of nitrogens with one attached hydrogen (secondary N) is 1. The summed E-state index contributed by atoms with van der Waals surface area (Å²) in [5.74, 6) is -2.06. The van der Waals surface area contributed by atoms with Gasteiger partial charge in [0, 0.05) is 38.1 Å². The number of hydrogen-bond donors (Lipinski definition) is 1. The molecule has 0 saturated heterocycles. The number of hydrogen-bond acceptors (Lipinski definition) is 6. The molecular formula is C22H17F3N8O2. The van der Waals surface area contributed by atoms with E-state index in [4.69, 9.17) is 4.42 Å². The minimum atomic E-state index is -3.05. The van der Waals surface area contributed by atoms with Crippen molar-refractivity contribution in [2.45, 2.75) is 18.9 Å². The topological polar surface area (TPSA) is 110 Å². The average molecular weight is 482 g/mol. The van der Waals surface area contributed by atoms with Crippen molar-refractivity contribution in [3.05, 3.63) is 77.6 Å². The lowest BCUT2D eigenvalue weighted by Crippen LogP contribution is -2.41. The van der Waals surface area contributed by atoms with Crippen molar-refractivity contribution >= 4 is 11.4 Å². The molecular weight excluding hydrogens is 465 g/mol. The van der Waals surface area contributed by atoms with Crippen molar-refractivity contribution in [3.63, 3.8) is 0 Å². The second-order valence-corrected chi connectivity index (χ2v) is 8.13. The molecule has 1 atom stereocenters. The number of imidazole rings is 2. The van der Waals surface area contributed by atoms with Crippen molar-refractivity contribution in [1.29, 1.82) is 0 Å². The van der Waals surface area contributed by atoms with E-state index in [0.717, 1.165) is 5.69 Å². The zero-order chi connectivity index (χ0) is 24.3. The largest absolute Gasteiger partial charge is 0.429 e. The molecule has 5 aromatic rings. The van der Waals surface area contributed by atoms with Crippen LogP contribution in [0.2, 0.25) is 0 Å². The summed E-state index contributed by atoms with van der Waals surface area (Å²) in [6.45, 7) is 0.164. The highest BCUT2D eigenvalue weighted by atomic mass is 19.3. The van der Waals surface area contributed by atoms with Crippen LogP contribution in [0.3, 0.4) is 0 Å². The Morgan fingerprint density at radius 1 is 1.31 bits per heavy atom. The Morgan fingerprint density at radius 3 is 2.91 bits per heavy atom. The summed E-state index contributed by atoms with van der Waals surface area (Å²) >= 11 is 0. The smallest absolute Gasteiger partial charge is 0.292 e. The molecule has 0 bridgehead atoms. The van der Waals surface area contributed by atoms with Crippen LogP contribution in [0.5, 0.6) is 0 Å². The first-order valence-corrected chi connectivity index (χ1v) is 10.6. The predicted molar refractivity (Wildman–Crippen MR) is 114 cm³/mol. The summed E-state index contributed by atoms with van der Waals surface area (Å²) < 4.78 is 50.6. The summed E-state index contributed by atoms with van der Waals surface area (Å²) in [6.07, 6.45) is 3.42. The lowest BCUT2D eigenvalue weighted by atomic mass is 9.99. The van der Waals surface area contributed by atoms with Gasteiger partial charge in [0.1, 0.15) is 23.1 Å². The highest BCUT2D eigenvalue weighted by Crippen LogP contribution is 2.36. The Bertz CT molecular complexity index is 1570. The number of amides is 1. The molecule has 35 heavy (non-hydrogen) atoms. The molecule has 0 saturated carbocycles. The van der Waals surface area contributed by atoms with E-state index in [1.165, 1.54) is 40.3 Å². The fourth-order valence-corrected chi connectivity index (χ4v) is 4.32. The minimum absolute atomic E-state index is 0.164. The maximum Gasteiger partial charge on any atom is 0.292 e. The molecule has 0 unspecified atom stereocenters. The monoisotopic (exact) mass is 482 g/mol. The minimum Gasteiger partial charge on any atom is -0.429 e. The molecule has 1 N–H and O–H groups in total. The van der Waals surface area contributed by atoms with Crippen molar-refractivity contribution in [2.75, 3.05) is 6.54 Å². The van der Waals surface area contributed by atoms with Gasteiger partial charge < -0.3 is 18.9 Å². The maximum atomic E-state index is 14.4. The number of aryl methyl sites for hydroxylation is 1. The number of oxazole rings is 1. The second kappa shape index (κ2) is 7.82. The van der Waals surface area contributed by atoms with E-state index in [1.807, 2.05) is 0 Å². The zero-order valence-electron chi connectivity index (χ0n) is 18.2. The van der Waals surface area contributed by atoms with Crippen LogP contribution in [0, 0.1) is 5.82 Å². The van der Waals surface area contributed by atoms with Crippen LogP contribution in [-0.4, -0.2) is 51.5 Å². The fraction of sp³-hybridized carbons (Fsp3) is 0.227. The Morgan fingerprint density at radius 2 is 2.17 bits per heavy atom. The van der Waals surface area contributed by atoms with Crippen LogP contribution >= 0.6 is 0 Å². The first-order chi connectivity index (χ1) is 16.9. The van der Waals surface area contributed by atoms with Crippen LogP contribution in [0.4, 0.5) is 13.2 Å². The standard InChI is InChI=1S/C22H17F3N8O2/c1-31-8-14(28-10-31)21-29-17(20(24)25)19(35-21)22(34)32-6-4-12-16(27-9-26-12)18(32)13-7-15-11(23)3-2-5-33(15)30-13/h2-3,5,7-10,18,20H,4,6H2,1H3,(H,26,27)/t18-/m1/s1. The number of alkyl halides is 2. The van der Waals surface area contributed by atoms with Crippen LogP contribution in [0.15, 0.2) is 47.7 Å². The van der Waals surface area contributed by atoms with Gasteiger partial charge in [0.2, 0.25) is 11.7 Å². The molecule has 6 rings (SSSR count). The number of aromatic amines is 1. The molecule has 0 aromatic carbocycles. The van der Waals surface area contributed by atoms with Crippen molar-refractivity contribution < 1.29 is 22.4 Å². The summed E-state index contributed by atoms with van der Waals surface area (Å²) in [6, 6.07) is 3.46. The van der Waals surface area contributed by atoms with Crippen LogP contribution in [0.1, 0.15) is 45.8 Å². The number of fused-ring (bicyclic) bond motifs is 2. The van der Waals surface area contributed by atoms with Crippen LogP contribution < -0.4 is 0 Å². The summed E-state index contributed by atoms with van der Waals surface area (Å²) in [5.41, 5.74) is 1.26. The number of aromatic nitrogens is 7. The van der Waals surface area contributed by atoms with Crippen LogP contribution in [-0.2, 0) is 13.5 Å². The Kier molecular flexibility index (Phi) is 4.72. The van der Waals surface area contributed by atoms with Gasteiger partial charge in [-0.05, 0) is 18.2 Å². The molecule has 5 aromatic heterocycles. The molecule has 0 spiro atoms. The first-order valence-electron chi connectivity index (χ1n) is 10.6. The van der Waals surface area contributed by atoms with Crippen molar-refractivity contribution in [1.82, 2.24) is 39.0 Å². The summed E-state index contributed by atoms with van der Waals surface area (Å²) in [7, 11) is 1.71. The van der Waals surface area contributed by atoms with Gasteiger partial charge in [-0.3, -0.25) is 4.79 Å². The number of halogens is 3. The molecule has 6 heterocycles. The molecule has 1 aliphatic heterocycles. The normalized spacial score (nSPS) is 15.8. The lowest BCUT2D eigenvalue weighted by molar-refractivity contribution is 0.0640. The zero-order valence-corrected chi connectivity index (χ0v) is 18.2. The maximum absolute atomic E-state index is 14.4. The summed E-state index contributed by atoms with van der Waals surface area (Å²) in [4.78, 5) is 30.3. The van der Waals surface area contributed by atoms with Gasteiger partial charge >= 0.3 is 0 Å². The molecule has 1 aliphatic rings. The number of carbonyl (C=O) groups excluding carboxylic acids is 1. The number of rotatable bonds is 4. The molecule has 0 radical (unpaired) electrons. The third-order valence-corrected chi connectivity index (χ3v) is 5.91. The highest BCUT2D eigenvalue weighted by molar-refractivity contribution is 5.93. The van der Waals surface area contributed by atoms with E-state index in [-0.39, 0.29) is 23.6 Å². The van der Waals surface area contributed by atoms with Gasteiger partial charge in [0.05, 0.1) is 24.0 Å². The van der Waals surface area contributed by atoms with E-state index < -0.39 is 35.6 Å². The van der Waals surface area contributed by atoms with Crippen molar-refractivity contribution in [3.8, 4) is 11.6 Å². The quantitative estimate of drug-likeness (QED) is 0.421. The van der Waals surface area contributed by atoms with Gasteiger partial charge in [0.25, 0.3) is 12.3 Å². The molecule has 0 fully saturated rings. The van der Waals surface area contributed by atoms with Gasteiger partial charge in [-0.25, -0.2) is 32.6 Å². The van der Waals surface area contributed by atoms with E-state index in [1.54, 1.807) is 24.0 Å². The van der Waals surface area contributed by atoms with E-state index in [2.05, 4.69) is 25.0 Å². The fourth-order valence-electron chi connectivity index (χ4n) is 4.32. The third-order valence-electron chi connectivity index (χ3n) is 5.91. The first kappa shape index (κ1) is 21.1. The Hall–Kier alpha value is -4.42. The average Bonchev–Trinajstić information content (AvgIpc) is 3.62. The van der Waals surface area contributed by atoms with E-state index in [0.29, 0.717) is 17.8 Å². The van der Waals surface area contributed by atoms with Gasteiger partial charge in [-0.2, -0.15) is 5.10 Å². The third kappa shape index (κ3) is 3.38. The number of H-pyrrole nitrogens is 1. The number of nitrogens with zero attached hydrogens (tertiary/aromatic N) is 7. The molecule has 10 nitrogen and oxygen atoms in total. The van der Waals surface area contributed by atoms with Crippen LogP contribution in [0.25, 0.3) is 17.1 Å². The SMILES string of the molecule is Cn1cnc(-c2nc(C(F)F)c(C(=O)N3CCc4[nH]cnc4[C@H]3c3cc4c(F)cccn4n3)o2)c1. The highest BCUT2D eigenvalue weighted by Gasteiger charge is 2.40. The second-order valence-electron chi connectivity index (χ2n) is 8.13. The lowest BCUT2D eigenvalue weighted by Gasteiger charge is -2.33. The molecule has 13 heteroatoms. The number of pyridine rings is 1. The Balaban J connectivity index is 1.46. The van der Waals surface area contributed by atoms with Crippen molar-refractivity contribution in [2.24, 2.45) is 7.05 Å². The summed E-state index contributed by atoms with van der Waals surface area (Å²) in [5, 5.41) is 4.44.